The molecule has 1 heterocycles. The second kappa shape index (κ2) is 10.1. The third-order valence-electron chi connectivity index (χ3n) is 4.30. The molecule has 1 unspecified atom stereocenters. The predicted octanol–water partition coefficient (Wildman–Crippen LogP) is 6.31. The summed E-state index contributed by atoms with van der Waals surface area (Å²) in [6.45, 7) is 0. The lowest BCUT2D eigenvalue weighted by Crippen LogP contribution is -2.34. The number of para-hydroxylation sites is 2. The van der Waals surface area contributed by atoms with Crippen LogP contribution in [0.4, 0.5) is 9.93 Å². The van der Waals surface area contributed by atoms with Gasteiger partial charge in [0.25, 0.3) is 0 Å². The number of carbonyl (C=O) groups is 1. The molecule has 9 heteroatoms. The standard InChI is InChI=1S/C23H20N3O4PS/c27-22(26-23-24-16-17-32-23)25-21(18-10-4-1-5-11-18)31(28,29-19-12-6-2-7-13-19)30-20-14-8-3-9-15-20/h1-17,21H,(H2,24,25,26,27). The van der Waals surface area contributed by atoms with E-state index in [1.807, 2.05) is 18.2 Å². The molecule has 1 aromatic heterocycles. The van der Waals surface area contributed by atoms with Crippen LogP contribution >= 0.6 is 18.9 Å². The lowest BCUT2D eigenvalue weighted by Gasteiger charge is -2.28. The fraction of sp³-hybridized carbons (Fsp3) is 0.0435. The van der Waals surface area contributed by atoms with Crippen LogP contribution in [0.1, 0.15) is 11.3 Å². The number of urea groups is 1. The van der Waals surface area contributed by atoms with Gasteiger partial charge in [0.15, 0.2) is 10.9 Å². The second-order valence-electron chi connectivity index (χ2n) is 6.60. The van der Waals surface area contributed by atoms with Crippen LogP contribution in [0, 0.1) is 0 Å². The zero-order valence-corrected chi connectivity index (χ0v) is 18.5. The van der Waals surface area contributed by atoms with Gasteiger partial charge in [0.1, 0.15) is 11.5 Å². The molecule has 0 radical (unpaired) electrons. The highest BCUT2D eigenvalue weighted by Crippen LogP contribution is 2.58. The molecular formula is C23H20N3O4PS. The molecule has 4 rings (SSSR count). The summed E-state index contributed by atoms with van der Waals surface area (Å²) in [5.74, 6) is -0.381. The summed E-state index contributed by atoms with van der Waals surface area (Å²) >= 11 is 1.27. The van der Waals surface area contributed by atoms with Crippen LogP contribution in [0.5, 0.6) is 11.5 Å². The number of hydrogen-bond acceptors (Lipinski definition) is 6. The first-order valence-corrected chi connectivity index (χ1v) is 12.2. The van der Waals surface area contributed by atoms with Gasteiger partial charge in [-0.3, -0.25) is 5.32 Å². The third-order valence-corrected chi connectivity index (χ3v) is 6.98. The van der Waals surface area contributed by atoms with Gasteiger partial charge in [-0.15, -0.1) is 11.3 Å². The van der Waals surface area contributed by atoms with Crippen molar-refractivity contribution in [1.29, 1.82) is 0 Å². The molecule has 0 aliphatic carbocycles. The van der Waals surface area contributed by atoms with Crippen molar-refractivity contribution < 1.29 is 18.4 Å². The van der Waals surface area contributed by atoms with E-state index in [-0.39, 0.29) is 0 Å². The van der Waals surface area contributed by atoms with E-state index in [0.29, 0.717) is 22.2 Å². The zero-order chi connectivity index (χ0) is 22.2. The number of aromatic nitrogens is 1. The van der Waals surface area contributed by atoms with Crippen molar-refractivity contribution in [3.05, 3.63) is 108 Å². The van der Waals surface area contributed by atoms with Gasteiger partial charge in [-0.05, 0) is 29.8 Å². The zero-order valence-electron chi connectivity index (χ0n) is 16.8. The average Bonchev–Trinajstić information content (AvgIpc) is 3.32. The molecule has 162 valence electrons. The van der Waals surface area contributed by atoms with Gasteiger partial charge < -0.3 is 14.4 Å². The summed E-state index contributed by atoms with van der Waals surface area (Å²) in [5, 5.41) is 7.56. The summed E-state index contributed by atoms with van der Waals surface area (Å²) in [6, 6.07) is 25.8. The van der Waals surface area contributed by atoms with Crippen molar-refractivity contribution >= 4 is 30.1 Å². The highest BCUT2D eigenvalue weighted by atomic mass is 32.1. The smallest absolute Gasteiger partial charge is 0.414 e. The van der Waals surface area contributed by atoms with Crippen molar-refractivity contribution in [3.63, 3.8) is 0 Å². The molecule has 7 nitrogen and oxygen atoms in total. The number of thiazole rings is 1. The molecule has 0 saturated carbocycles. The largest absolute Gasteiger partial charge is 0.457 e. The summed E-state index contributed by atoms with van der Waals surface area (Å²) in [7, 11) is -4.03. The number of rotatable bonds is 8. The van der Waals surface area contributed by atoms with Gasteiger partial charge in [-0.1, -0.05) is 66.7 Å². The number of nitrogens with one attached hydrogen (secondary N) is 2. The first-order valence-electron chi connectivity index (χ1n) is 9.73. The van der Waals surface area contributed by atoms with E-state index < -0.39 is 19.4 Å². The maximum atomic E-state index is 14.3. The normalized spacial score (nSPS) is 11.9. The van der Waals surface area contributed by atoms with E-state index in [1.165, 1.54) is 11.3 Å². The van der Waals surface area contributed by atoms with Crippen LogP contribution in [0.25, 0.3) is 0 Å². The molecule has 3 aromatic carbocycles. The monoisotopic (exact) mass is 465 g/mol. The highest BCUT2D eigenvalue weighted by molar-refractivity contribution is 7.55. The highest BCUT2D eigenvalue weighted by Gasteiger charge is 2.42. The van der Waals surface area contributed by atoms with Crippen LogP contribution in [-0.4, -0.2) is 11.0 Å². The van der Waals surface area contributed by atoms with E-state index in [1.54, 1.807) is 84.4 Å². The topological polar surface area (TPSA) is 89.6 Å². The van der Waals surface area contributed by atoms with E-state index >= 15 is 0 Å². The Morgan fingerprint density at radius 1 is 0.844 bits per heavy atom. The number of benzene rings is 3. The van der Waals surface area contributed by atoms with Crippen molar-refractivity contribution in [2.24, 2.45) is 0 Å². The quantitative estimate of drug-likeness (QED) is 0.298. The van der Waals surface area contributed by atoms with Crippen molar-refractivity contribution in [3.8, 4) is 11.5 Å². The van der Waals surface area contributed by atoms with Gasteiger partial charge >= 0.3 is 13.6 Å². The minimum absolute atomic E-state index is 0.356. The third kappa shape index (κ3) is 5.55. The minimum atomic E-state index is -4.03. The Labute approximate surface area is 189 Å². The molecule has 4 aromatic rings. The van der Waals surface area contributed by atoms with Crippen LogP contribution < -0.4 is 19.7 Å². The van der Waals surface area contributed by atoms with Crippen LogP contribution in [0.2, 0.25) is 0 Å². The average molecular weight is 465 g/mol. The Hall–Kier alpha value is -3.61. The summed E-state index contributed by atoms with van der Waals surface area (Å²) in [4.78, 5) is 16.8. The van der Waals surface area contributed by atoms with Crippen molar-refractivity contribution in [2.75, 3.05) is 5.32 Å². The summed E-state index contributed by atoms with van der Waals surface area (Å²) < 4.78 is 26.2. The minimum Gasteiger partial charge on any atom is -0.414 e. The van der Waals surface area contributed by atoms with Crippen LogP contribution in [0.3, 0.4) is 0 Å². The van der Waals surface area contributed by atoms with Gasteiger partial charge in [0.05, 0.1) is 0 Å². The lowest BCUT2D eigenvalue weighted by atomic mass is 10.2. The van der Waals surface area contributed by atoms with Crippen LogP contribution in [-0.2, 0) is 4.57 Å². The fourth-order valence-electron chi connectivity index (χ4n) is 2.90. The van der Waals surface area contributed by atoms with E-state index in [2.05, 4.69) is 15.6 Å². The molecule has 2 amide bonds. The molecule has 0 aliphatic rings. The number of hydrogen-bond donors (Lipinski definition) is 2. The maximum absolute atomic E-state index is 14.3. The lowest BCUT2D eigenvalue weighted by molar-refractivity contribution is 0.249. The first-order chi connectivity index (χ1) is 15.6. The Kier molecular flexibility index (Phi) is 6.84. The SMILES string of the molecule is O=C(Nc1nccs1)NC(c1ccccc1)P(=O)(Oc1ccccc1)Oc1ccccc1. The molecule has 1 atom stereocenters. The first kappa shape index (κ1) is 21.6. The molecule has 0 saturated heterocycles. The molecule has 0 spiro atoms. The molecule has 0 bridgehead atoms. The van der Waals surface area contributed by atoms with Gasteiger partial charge in [0, 0.05) is 11.6 Å². The van der Waals surface area contributed by atoms with Gasteiger partial charge in [0.2, 0.25) is 0 Å². The van der Waals surface area contributed by atoms with Gasteiger partial charge in [-0.25, -0.2) is 14.3 Å². The Balaban J connectivity index is 1.71. The molecule has 0 fully saturated rings. The van der Waals surface area contributed by atoms with Crippen molar-refractivity contribution in [1.82, 2.24) is 10.3 Å². The number of carbonyl (C=O) groups excluding carboxylic acids is 1. The second-order valence-corrected chi connectivity index (χ2v) is 9.45. The Morgan fingerprint density at radius 3 is 1.88 bits per heavy atom. The number of nitrogens with zero attached hydrogens (tertiary/aromatic N) is 1. The van der Waals surface area contributed by atoms with E-state index in [9.17, 15) is 9.36 Å². The Morgan fingerprint density at radius 2 is 1.38 bits per heavy atom. The fourth-order valence-corrected chi connectivity index (χ4v) is 5.32. The molecule has 32 heavy (non-hydrogen) atoms. The molecule has 0 aliphatic heterocycles. The predicted molar refractivity (Wildman–Crippen MR) is 125 cm³/mol. The van der Waals surface area contributed by atoms with Gasteiger partial charge in [-0.2, -0.15) is 0 Å². The molecule has 2 N–H and O–H groups in total. The van der Waals surface area contributed by atoms with Crippen LogP contribution in [0.15, 0.2) is 103 Å². The number of anilines is 1. The molecular weight excluding hydrogens is 445 g/mol. The maximum Gasteiger partial charge on any atom is 0.457 e. The Bertz CT molecular complexity index is 1130. The van der Waals surface area contributed by atoms with E-state index in [0.717, 1.165) is 0 Å². The summed E-state index contributed by atoms with van der Waals surface area (Å²) in [5.41, 5.74) is 0.567. The number of amides is 2. The van der Waals surface area contributed by atoms with Crippen molar-refractivity contribution in [2.45, 2.75) is 5.78 Å². The summed E-state index contributed by atoms with van der Waals surface area (Å²) in [6.07, 6.45) is 1.58. The van der Waals surface area contributed by atoms with E-state index in [4.69, 9.17) is 9.05 Å².